The first-order valence-electron chi connectivity index (χ1n) is 5.19. The van der Waals surface area contributed by atoms with Crippen LogP contribution in [0.4, 0.5) is 0 Å². The van der Waals surface area contributed by atoms with E-state index in [-0.39, 0.29) is 0 Å². The molecule has 0 bridgehead atoms. The van der Waals surface area contributed by atoms with Gasteiger partial charge < -0.3 is 10.1 Å². The van der Waals surface area contributed by atoms with Crippen LogP contribution in [-0.4, -0.2) is 22.9 Å². The van der Waals surface area contributed by atoms with Crippen molar-refractivity contribution in [2.24, 2.45) is 7.05 Å². The van der Waals surface area contributed by atoms with Gasteiger partial charge in [-0.15, -0.1) is 11.3 Å². The summed E-state index contributed by atoms with van der Waals surface area (Å²) in [5.74, 6) is 0.820. The maximum atomic E-state index is 5.50. The number of aromatic nitrogens is 2. The van der Waals surface area contributed by atoms with Gasteiger partial charge in [0.05, 0.1) is 12.4 Å². The summed E-state index contributed by atoms with van der Waals surface area (Å²) >= 11 is 1.76. The highest BCUT2D eigenvalue weighted by molar-refractivity contribution is 7.09. The number of hydrogen-bond acceptors (Lipinski definition) is 4. The van der Waals surface area contributed by atoms with Gasteiger partial charge in [0, 0.05) is 25.0 Å². The van der Waals surface area contributed by atoms with E-state index in [1.165, 1.54) is 4.88 Å². The van der Waals surface area contributed by atoms with Crippen LogP contribution in [-0.2, 0) is 13.6 Å². The van der Waals surface area contributed by atoms with Crippen molar-refractivity contribution in [2.75, 3.05) is 13.2 Å². The van der Waals surface area contributed by atoms with Crippen LogP contribution in [0, 0.1) is 0 Å². The number of rotatable bonds is 6. The third kappa shape index (κ3) is 3.36. The maximum absolute atomic E-state index is 5.50. The fraction of sp³-hybridized carbons (Fsp3) is 0.364. The van der Waals surface area contributed by atoms with Crippen molar-refractivity contribution in [1.82, 2.24) is 15.1 Å². The van der Waals surface area contributed by atoms with Gasteiger partial charge in [-0.3, -0.25) is 4.68 Å². The molecule has 2 aromatic rings. The van der Waals surface area contributed by atoms with Crippen LogP contribution in [0.1, 0.15) is 4.88 Å². The second-order valence-electron chi connectivity index (χ2n) is 3.45. The fourth-order valence-corrected chi connectivity index (χ4v) is 2.01. The Morgan fingerprint density at radius 2 is 2.50 bits per heavy atom. The Morgan fingerprint density at radius 1 is 1.56 bits per heavy atom. The first kappa shape index (κ1) is 11.2. The molecule has 0 spiro atoms. The summed E-state index contributed by atoms with van der Waals surface area (Å²) in [5, 5.41) is 9.44. The molecule has 0 saturated carbocycles. The molecule has 0 atom stereocenters. The standard InChI is InChI=1S/C11H15N3OS/c1-14-9-10(7-13-14)15-5-4-12-8-11-3-2-6-16-11/h2-3,6-7,9,12H,4-5,8H2,1H3. The largest absolute Gasteiger partial charge is 0.489 e. The lowest BCUT2D eigenvalue weighted by atomic mass is 10.4. The van der Waals surface area contributed by atoms with Crippen LogP contribution in [0.15, 0.2) is 29.9 Å². The van der Waals surface area contributed by atoms with Gasteiger partial charge in [-0.25, -0.2) is 0 Å². The average molecular weight is 237 g/mol. The van der Waals surface area contributed by atoms with E-state index in [1.54, 1.807) is 22.2 Å². The minimum atomic E-state index is 0.664. The van der Waals surface area contributed by atoms with Gasteiger partial charge >= 0.3 is 0 Å². The fourth-order valence-electron chi connectivity index (χ4n) is 1.34. The first-order valence-corrected chi connectivity index (χ1v) is 6.07. The summed E-state index contributed by atoms with van der Waals surface area (Å²) in [6.45, 7) is 2.41. The van der Waals surface area contributed by atoms with Crippen LogP contribution in [0.25, 0.3) is 0 Å². The number of aryl methyl sites for hydroxylation is 1. The highest BCUT2D eigenvalue weighted by Gasteiger charge is 1.96. The number of ether oxygens (including phenoxy) is 1. The third-order valence-electron chi connectivity index (χ3n) is 2.11. The molecule has 0 aromatic carbocycles. The molecule has 16 heavy (non-hydrogen) atoms. The molecule has 0 amide bonds. The Balaban J connectivity index is 1.59. The van der Waals surface area contributed by atoms with Crippen LogP contribution in [0.5, 0.6) is 5.75 Å². The molecule has 2 heterocycles. The predicted octanol–water partition coefficient (Wildman–Crippen LogP) is 1.65. The van der Waals surface area contributed by atoms with Crippen molar-refractivity contribution in [3.8, 4) is 5.75 Å². The normalized spacial score (nSPS) is 10.6. The summed E-state index contributed by atoms with van der Waals surface area (Å²) in [5.41, 5.74) is 0. The zero-order valence-corrected chi connectivity index (χ0v) is 10.0. The summed E-state index contributed by atoms with van der Waals surface area (Å²) in [6, 6.07) is 4.19. The van der Waals surface area contributed by atoms with Crippen molar-refractivity contribution in [1.29, 1.82) is 0 Å². The molecular formula is C11H15N3OS. The number of nitrogens with one attached hydrogen (secondary N) is 1. The highest BCUT2D eigenvalue weighted by atomic mass is 32.1. The highest BCUT2D eigenvalue weighted by Crippen LogP contribution is 2.07. The number of thiophene rings is 1. The van der Waals surface area contributed by atoms with E-state index in [1.807, 2.05) is 13.2 Å². The smallest absolute Gasteiger partial charge is 0.157 e. The van der Waals surface area contributed by atoms with Gasteiger partial charge in [0.2, 0.25) is 0 Å². The SMILES string of the molecule is Cn1cc(OCCNCc2cccs2)cn1. The zero-order chi connectivity index (χ0) is 11.2. The number of hydrogen-bond donors (Lipinski definition) is 1. The molecule has 0 aliphatic carbocycles. The molecule has 2 rings (SSSR count). The van der Waals surface area contributed by atoms with Crippen molar-refractivity contribution in [3.63, 3.8) is 0 Å². The Labute approximate surface area is 98.9 Å². The van der Waals surface area contributed by atoms with E-state index in [2.05, 4.69) is 27.9 Å². The van der Waals surface area contributed by atoms with Gasteiger partial charge in [0.25, 0.3) is 0 Å². The maximum Gasteiger partial charge on any atom is 0.157 e. The van der Waals surface area contributed by atoms with E-state index >= 15 is 0 Å². The molecule has 0 fully saturated rings. The van der Waals surface area contributed by atoms with E-state index in [9.17, 15) is 0 Å². The lowest BCUT2D eigenvalue weighted by molar-refractivity contribution is 0.313. The zero-order valence-electron chi connectivity index (χ0n) is 9.22. The predicted molar refractivity (Wildman–Crippen MR) is 64.7 cm³/mol. The quantitative estimate of drug-likeness (QED) is 0.776. The van der Waals surface area contributed by atoms with Crippen LogP contribution in [0.2, 0.25) is 0 Å². The van der Waals surface area contributed by atoms with Crippen molar-refractivity contribution in [2.45, 2.75) is 6.54 Å². The Hall–Kier alpha value is -1.33. The van der Waals surface area contributed by atoms with Crippen LogP contribution < -0.4 is 10.1 Å². The molecule has 0 radical (unpaired) electrons. The number of nitrogens with zero attached hydrogens (tertiary/aromatic N) is 2. The molecular weight excluding hydrogens is 222 g/mol. The van der Waals surface area contributed by atoms with Crippen molar-refractivity contribution < 1.29 is 4.74 Å². The van der Waals surface area contributed by atoms with Gasteiger partial charge in [-0.1, -0.05) is 6.07 Å². The minimum absolute atomic E-state index is 0.664. The van der Waals surface area contributed by atoms with Crippen molar-refractivity contribution >= 4 is 11.3 Å². The summed E-state index contributed by atoms with van der Waals surface area (Å²) in [6.07, 6.45) is 3.58. The molecule has 86 valence electrons. The monoisotopic (exact) mass is 237 g/mol. The molecule has 0 aliphatic rings. The van der Waals surface area contributed by atoms with E-state index < -0.39 is 0 Å². The topological polar surface area (TPSA) is 39.1 Å². The molecule has 2 aromatic heterocycles. The summed E-state index contributed by atoms with van der Waals surface area (Å²) < 4.78 is 7.23. The van der Waals surface area contributed by atoms with Crippen LogP contribution >= 0.6 is 11.3 Å². The molecule has 4 nitrogen and oxygen atoms in total. The van der Waals surface area contributed by atoms with E-state index in [0.717, 1.165) is 18.8 Å². The lowest BCUT2D eigenvalue weighted by Crippen LogP contribution is -2.19. The van der Waals surface area contributed by atoms with Gasteiger partial charge in [0.1, 0.15) is 6.61 Å². The second kappa shape index (κ2) is 5.67. The average Bonchev–Trinajstić information content (AvgIpc) is 2.89. The van der Waals surface area contributed by atoms with Crippen molar-refractivity contribution in [3.05, 3.63) is 34.8 Å². The third-order valence-corrected chi connectivity index (χ3v) is 2.98. The Morgan fingerprint density at radius 3 is 3.19 bits per heavy atom. The lowest BCUT2D eigenvalue weighted by Gasteiger charge is -2.04. The van der Waals surface area contributed by atoms with Gasteiger partial charge in [-0.2, -0.15) is 5.10 Å². The summed E-state index contributed by atoms with van der Waals surface area (Å²) in [4.78, 5) is 1.35. The van der Waals surface area contributed by atoms with E-state index in [0.29, 0.717) is 6.61 Å². The van der Waals surface area contributed by atoms with Crippen LogP contribution in [0.3, 0.4) is 0 Å². The molecule has 1 N–H and O–H groups in total. The molecule has 0 saturated heterocycles. The molecule has 0 unspecified atom stereocenters. The first-order chi connectivity index (χ1) is 7.84. The Bertz CT molecular complexity index is 411. The molecule has 5 heteroatoms. The second-order valence-corrected chi connectivity index (χ2v) is 4.49. The van der Waals surface area contributed by atoms with Gasteiger partial charge in [-0.05, 0) is 11.4 Å². The summed E-state index contributed by atoms with van der Waals surface area (Å²) in [7, 11) is 1.88. The molecule has 0 aliphatic heterocycles. The Kier molecular flexibility index (Phi) is 3.96. The van der Waals surface area contributed by atoms with E-state index in [4.69, 9.17) is 4.74 Å². The minimum Gasteiger partial charge on any atom is -0.489 e. The van der Waals surface area contributed by atoms with Gasteiger partial charge in [0.15, 0.2) is 5.75 Å².